The second kappa shape index (κ2) is 5.63. The van der Waals surface area contributed by atoms with Gasteiger partial charge in [-0.2, -0.15) is 0 Å². The average Bonchev–Trinajstić information content (AvgIpc) is 2.72. The van der Waals surface area contributed by atoms with Gasteiger partial charge in [-0.25, -0.2) is 9.97 Å². The van der Waals surface area contributed by atoms with Crippen molar-refractivity contribution in [3.8, 4) is 0 Å². The number of halogens is 1. The highest BCUT2D eigenvalue weighted by molar-refractivity contribution is 7.99. The van der Waals surface area contributed by atoms with Gasteiger partial charge in [0.05, 0.1) is 16.8 Å². The molecule has 0 spiro atoms. The standard InChI is InChI=1S/C12H12ClN3O2S/c1-3-7(2)16-11-9(4-8(13)5-14-11)15-12(16)19-6-10(17)18/h3-5,7H,1,6H2,2H3,(H,17,18). The summed E-state index contributed by atoms with van der Waals surface area (Å²) in [6.45, 7) is 5.69. The Balaban J connectivity index is 2.53. The first-order chi connectivity index (χ1) is 9.02. The molecule has 2 heterocycles. The van der Waals surface area contributed by atoms with Gasteiger partial charge in [-0.1, -0.05) is 29.4 Å². The molecule has 2 rings (SSSR count). The van der Waals surface area contributed by atoms with Crippen LogP contribution in [0.25, 0.3) is 11.2 Å². The highest BCUT2D eigenvalue weighted by Crippen LogP contribution is 2.28. The third kappa shape index (κ3) is 2.90. The average molecular weight is 298 g/mol. The van der Waals surface area contributed by atoms with Crippen molar-refractivity contribution >= 4 is 40.5 Å². The molecule has 0 bridgehead atoms. The Kier molecular flexibility index (Phi) is 4.11. The van der Waals surface area contributed by atoms with Gasteiger partial charge in [0.25, 0.3) is 0 Å². The number of thioether (sulfide) groups is 1. The first kappa shape index (κ1) is 13.9. The van der Waals surface area contributed by atoms with E-state index < -0.39 is 5.97 Å². The Morgan fingerprint density at radius 2 is 2.47 bits per heavy atom. The minimum atomic E-state index is -0.888. The van der Waals surface area contributed by atoms with E-state index in [9.17, 15) is 4.79 Å². The molecule has 0 saturated carbocycles. The fourth-order valence-electron chi connectivity index (χ4n) is 1.64. The first-order valence-corrected chi connectivity index (χ1v) is 6.90. The van der Waals surface area contributed by atoms with Crippen LogP contribution in [0.4, 0.5) is 0 Å². The number of aliphatic carboxylic acids is 1. The monoisotopic (exact) mass is 297 g/mol. The summed E-state index contributed by atoms with van der Waals surface area (Å²) >= 11 is 7.04. The molecular formula is C12H12ClN3O2S. The van der Waals surface area contributed by atoms with E-state index in [-0.39, 0.29) is 11.8 Å². The van der Waals surface area contributed by atoms with Gasteiger partial charge in [0, 0.05) is 6.20 Å². The van der Waals surface area contributed by atoms with Gasteiger partial charge in [-0.3, -0.25) is 9.36 Å². The molecule has 0 aliphatic rings. The van der Waals surface area contributed by atoms with Crippen molar-refractivity contribution in [1.29, 1.82) is 0 Å². The van der Waals surface area contributed by atoms with Crippen LogP contribution in [-0.4, -0.2) is 31.4 Å². The quantitative estimate of drug-likeness (QED) is 0.679. The lowest BCUT2D eigenvalue weighted by Crippen LogP contribution is -2.06. The van der Waals surface area contributed by atoms with Crippen LogP contribution in [0, 0.1) is 0 Å². The molecule has 1 unspecified atom stereocenters. The Morgan fingerprint density at radius 1 is 1.74 bits per heavy atom. The smallest absolute Gasteiger partial charge is 0.313 e. The second-order valence-corrected chi connectivity index (χ2v) is 5.30. The Bertz CT molecular complexity index is 641. The summed E-state index contributed by atoms with van der Waals surface area (Å²) in [6, 6.07) is 1.68. The van der Waals surface area contributed by atoms with Gasteiger partial charge in [-0.15, -0.1) is 6.58 Å². The fraction of sp³-hybridized carbons (Fsp3) is 0.250. The molecule has 0 amide bonds. The van der Waals surface area contributed by atoms with Crippen LogP contribution in [0.2, 0.25) is 5.02 Å². The first-order valence-electron chi connectivity index (χ1n) is 5.53. The number of carbonyl (C=O) groups is 1. The lowest BCUT2D eigenvalue weighted by atomic mass is 10.3. The van der Waals surface area contributed by atoms with Gasteiger partial charge >= 0.3 is 5.97 Å². The minimum Gasteiger partial charge on any atom is -0.481 e. The third-order valence-corrected chi connectivity index (χ3v) is 3.68. The van der Waals surface area contributed by atoms with Gasteiger partial charge in [0.15, 0.2) is 10.8 Å². The summed E-state index contributed by atoms with van der Waals surface area (Å²) in [5, 5.41) is 9.86. The van der Waals surface area contributed by atoms with E-state index in [1.54, 1.807) is 18.3 Å². The molecule has 0 radical (unpaired) electrons. The molecule has 0 saturated heterocycles. The summed E-state index contributed by atoms with van der Waals surface area (Å²) in [6.07, 6.45) is 3.30. The zero-order valence-corrected chi connectivity index (χ0v) is 11.8. The van der Waals surface area contributed by atoms with Crippen molar-refractivity contribution in [2.75, 3.05) is 5.75 Å². The van der Waals surface area contributed by atoms with E-state index in [1.807, 2.05) is 11.5 Å². The van der Waals surface area contributed by atoms with Crippen molar-refractivity contribution in [3.63, 3.8) is 0 Å². The zero-order chi connectivity index (χ0) is 14.0. The molecular weight excluding hydrogens is 286 g/mol. The lowest BCUT2D eigenvalue weighted by molar-refractivity contribution is -0.133. The van der Waals surface area contributed by atoms with Crippen LogP contribution < -0.4 is 0 Å². The van der Waals surface area contributed by atoms with Crippen molar-refractivity contribution in [3.05, 3.63) is 29.9 Å². The highest BCUT2D eigenvalue weighted by atomic mass is 35.5. The summed E-state index contributed by atoms with van der Waals surface area (Å²) in [5.41, 5.74) is 1.32. The van der Waals surface area contributed by atoms with Gasteiger partial charge < -0.3 is 5.11 Å². The number of nitrogens with zero attached hydrogens (tertiary/aromatic N) is 3. The van der Waals surface area contributed by atoms with Gasteiger partial charge in [-0.05, 0) is 13.0 Å². The van der Waals surface area contributed by atoms with E-state index in [1.165, 1.54) is 0 Å². The largest absolute Gasteiger partial charge is 0.481 e. The molecule has 100 valence electrons. The summed E-state index contributed by atoms with van der Waals surface area (Å²) in [4.78, 5) is 19.3. The lowest BCUT2D eigenvalue weighted by Gasteiger charge is -2.11. The molecule has 2 aromatic heterocycles. The molecule has 0 aromatic carbocycles. The van der Waals surface area contributed by atoms with Crippen molar-refractivity contribution in [2.24, 2.45) is 0 Å². The van der Waals surface area contributed by atoms with E-state index in [0.29, 0.717) is 21.3 Å². The van der Waals surface area contributed by atoms with Gasteiger partial charge in [0.2, 0.25) is 0 Å². The molecule has 5 nitrogen and oxygen atoms in total. The molecule has 0 fully saturated rings. The molecule has 0 aliphatic heterocycles. The summed E-state index contributed by atoms with van der Waals surface area (Å²) in [7, 11) is 0. The number of carboxylic acids is 1. The van der Waals surface area contributed by atoms with E-state index in [4.69, 9.17) is 16.7 Å². The summed E-state index contributed by atoms with van der Waals surface area (Å²) in [5.74, 6) is -0.943. The zero-order valence-electron chi connectivity index (χ0n) is 10.2. The van der Waals surface area contributed by atoms with Crippen LogP contribution in [0.15, 0.2) is 30.1 Å². The number of pyridine rings is 1. The maximum absolute atomic E-state index is 10.7. The Labute approximate surface area is 119 Å². The number of aromatic nitrogens is 3. The van der Waals surface area contributed by atoms with Crippen LogP contribution in [-0.2, 0) is 4.79 Å². The van der Waals surface area contributed by atoms with Crippen molar-refractivity contribution in [1.82, 2.24) is 14.5 Å². The second-order valence-electron chi connectivity index (χ2n) is 3.92. The number of carboxylic acid groups (broad SMARTS) is 1. The number of hydrogen-bond donors (Lipinski definition) is 1. The number of hydrogen-bond acceptors (Lipinski definition) is 4. The summed E-state index contributed by atoms with van der Waals surface area (Å²) < 4.78 is 1.85. The number of allylic oxidation sites excluding steroid dienone is 1. The van der Waals surface area contributed by atoms with Crippen molar-refractivity contribution in [2.45, 2.75) is 18.1 Å². The Morgan fingerprint density at radius 3 is 3.11 bits per heavy atom. The highest BCUT2D eigenvalue weighted by Gasteiger charge is 2.16. The fourth-order valence-corrected chi connectivity index (χ4v) is 2.60. The SMILES string of the molecule is C=CC(C)n1c(SCC(=O)O)nc2cc(Cl)cnc21. The molecule has 2 aromatic rings. The number of fused-ring (bicyclic) bond motifs is 1. The maximum atomic E-state index is 10.7. The van der Waals surface area contributed by atoms with Crippen LogP contribution in [0.1, 0.15) is 13.0 Å². The maximum Gasteiger partial charge on any atom is 0.313 e. The normalized spacial score (nSPS) is 12.5. The number of imidazole rings is 1. The topological polar surface area (TPSA) is 68.0 Å². The third-order valence-electron chi connectivity index (χ3n) is 2.54. The van der Waals surface area contributed by atoms with E-state index >= 15 is 0 Å². The van der Waals surface area contributed by atoms with E-state index in [2.05, 4.69) is 16.5 Å². The minimum absolute atomic E-state index is 0.0324. The predicted octanol–water partition coefficient (Wildman–Crippen LogP) is 3.01. The predicted molar refractivity (Wildman–Crippen MR) is 75.8 cm³/mol. The molecule has 1 atom stereocenters. The Hall–Kier alpha value is -1.53. The number of rotatable bonds is 5. The van der Waals surface area contributed by atoms with Crippen LogP contribution in [0.5, 0.6) is 0 Å². The molecule has 7 heteroatoms. The van der Waals surface area contributed by atoms with Gasteiger partial charge in [0.1, 0.15) is 5.52 Å². The van der Waals surface area contributed by atoms with Crippen molar-refractivity contribution < 1.29 is 9.90 Å². The molecule has 19 heavy (non-hydrogen) atoms. The van der Waals surface area contributed by atoms with Crippen LogP contribution >= 0.6 is 23.4 Å². The molecule has 0 aliphatic carbocycles. The van der Waals surface area contributed by atoms with Crippen LogP contribution in [0.3, 0.4) is 0 Å². The van der Waals surface area contributed by atoms with E-state index in [0.717, 1.165) is 11.8 Å². The molecule has 1 N–H and O–H groups in total.